The van der Waals surface area contributed by atoms with Crippen LogP contribution >= 0.6 is 0 Å². The molecule has 1 aromatic carbocycles. The Morgan fingerprint density at radius 1 is 1.36 bits per heavy atom. The van der Waals surface area contributed by atoms with Gasteiger partial charge in [0.25, 0.3) is 5.91 Å². The first-order valence-corrected chi connectivity index (χ1v) is 6.42. The third kappa shape index (κ3) is 2.37. The van der Waals surface area contributed by atoms with Crippen molar-refractivity contribution in [2.75, 3.05) is 5.32 Å². The van der Waals surface area contributed by atoms with Crippen LogP contribution in [-0.2, 0) is 0 Å². The first-order valence-electron chi connectivity index (χ1n) is 6.42. The summed E-state index contributed by atoms with van der Waals surface area (Å²) in [6.45, 7) is 1.49. The number of amides is 1. The molecule has 0 unspecified atom stereocenters. The predicted molar refractivity (Wildman–Crippen MR) is 79.7 cm³/mol. The average Bonchev–Trinajstić information content (AvgIpc) is 2.89. The smallest absolute Gasteiger partial charge is 0.320 e. The number of hydrogen-bond donors (Lipinski definition) is 2. The normalized spacial score (nSPS) is 10.6. The van der Waals surface area contributed by atoms with E-state index in [0.717, 1.165) is 10.9 Å². The maximum absolute atomic E-state index is 12.2. The summed E-state index contributed by atoms with van der Waals surface area (Å²) in [7, 11) is 0. The highest BCUT2D eigenvalue weighted by Gasteiger charge is 2.27. The number of nitro groups is 1. The molecule has 0 spiro atoms. The summed E-state index contributed by atoms with van der Waals surface area (Å²) in [6, 6.07) is 8.83. The van der Waals surface area contributed by atoms with Crippen molar-refractivity contribution >= 4 is 28.2 Å². The molecule has 0 radical (unpaired) electrons. The number of benzene rings is 1. The molecular formula is C14H11N5O3. The third-order valence-corrected chi connectivity index (χ3v) is 3.17. The molecule has 0 aliphatic carbocycles. The number of aryl methyl sites for hydroxylation is 1. The quantitative estimate of drug-likeness (QED) is 0.569. The number of aromatic amines is 1. The van der Waals surface area contributed by atoms with Crippen LogP contribution in [0.2, 0.25) is 0 Å². The number of carbonyl (C=O) groups is 1. The Kier molecular flexibility index (Phi) is 3.26. The first kappa shape index (κ1) is 13.7. The second-order valence-electron chi connectivity index (χ2n) is 4.67. The van der Waals surface area contributed by atoms with Crippen molar-refractivity contribution in [1.82, 2.24) is 15.2 Å². The fourth-order valence-electron chi connectivity index (χ4n) is 2.15. The topological polar surface area (TPSA) is 114 Å². The predicted octanol–water partition coefficient (Wildman–Crippen LogP) is 2.43. The first-order chi connectivity index (χ1) is 10.6. The van der Waals surface area contributed by atoms with Crippen LogP contribution in [0, 0.1) is 17.0 Å². The Labute approximate surface area is 124 Å². The van der Waals surface area contributed by atoms with Crippen LogP contribution < -0.4 is 5.32 Å². The number of aromatic nitrogens is 3. The monoisotopic (exact) mass is 297 g/mol. The Hall–Kier alpha value is -3.29. The highest BCUT2D eigenvalue weighted by molar-refractivity contribution is 6.06. The van der Waals surface area contributed by atoms with E-state index in [9.17, 15) is 14.9 Å². The average molecular weight is 297 g/mol. The van der Waals surface area contributed by atoms with E-state index in [1.54, 1.807) is 30.5 Å². The van der Waals surface area contributed by atoms with Crippen LogP contribution in [0.15, 0.2) is 36.5 Å². The van der Waals surface area contributed by atoms with E-state index >= 15 is 0 Å². The van der Waals surface area contributed by atoms with Gasteiger partial charge < -0.3 is 5.32 Å². The number of nitrogens with one attached hydrogen (secondary N) is 2. The van der Waals surface area contributed by atoms with Gasteiger partial charge in [0.2, 0.25) is 5.69 Å². The molecule has 0 bridgehead atoms. The molecule has 3 aromatic rings. The molecule has 0 fully saturated rings. The van der Waals surface area contributed by atoms with Gasteiger partial charge in [-0.25, -0.2) is 0 Å². The second-order valence-corrected chi connectivity index (χ2v) is 4.67. The van der Waals surface area contributed by atoms with Crippen LogP contribution in [0.3, 0.4) is 0 Å². The fourth-order valence-corrected chi connectivity index (χ4v) is 2.15. The summed E-state index contributed by atoms with van der Waals surface area (Å²) in [5.74, 6) is -0.640. The summed E-state index contributed by atoms with van der Waals surface area (Å²) in [6.07, 6.45) is 1.68. The number of hydrogen-bond acceptors (Lipinski definition) is 5. The number of rotatable bonds is 3. The molecule has 22 heavy (non-hydrogen) atoms. The van der Waals surface area contributed by atoms with E-state index < -0.39 is 10.8 Å². The van der Waals surface area contributed by atoms with E-state index in [2.05, 4.69) is 20.5 Å². The van der Waals surface area contributed by atoms with Gasteiger partial charge in [-0.1, -0.05) is 6.07 Å². The molecular weight excluding hydrogens is 286 g/mol. The largest absolute Gasteiger partial charge is 0.322 e. The van der Waals surface area contributed by atoms with E-state index in [4.69, 9.17) is 0 Å². The van der Waals surface area contributed by atoms with E-state index in [1.807, 2.05) is 6.07 Å². The molecule has 0 saturated carbocycles. The Balaban J connectivity index is 1.91. The van der Waals surface area contributed by atoms with E-state index in [1.165, 1.54) is 6.92 Å². The van der Waals surface area contributed by atoms with Gasteiger partial charge in [0.15, 0.2) is 0 Å². The maximum atomic E-state index is 12.2. The van der Waals surface area contributed by atoms with Crippen molar-refractivity contribution in [2.45, 2.75) is 6.92 Å². The van der Waals surface area contributed by atoms with Crippen LogP contribution in [-0.4, -0.2) is 26.0 Å². The Morgan fingerprint density at radius 2 is 2.18 bits per heavy atom. The summed E-state index contributed by atoms with van der Waals surface area (Å²) in [4.78, 5) is 26.7. The highest BCUT2D eigenvalue weighted by Crippen LogP contribution is 2.22. The number of nitrogens with zero attached hydrogens (tertiary/aromatic N) is 3. The zero-order valence-corrected chi connectivity index (χ0v) is 11.5. The third-order valence-electron chi connectivity index (χ3n) is 3.17. The minimum absolute atomic E-state index is 0.234. The lowest BCUT2D eigenvalue weighted by Gasteiger charge is -2.04. The molecule has 8 heteroatoms. The minimum atomic E-state index is -0.640. The molecule has 0 aliphatic heterocycles. The van der Waals surface area contributed by atoms with Gasteiger partial charge in [-0.3, -0.25) is 25.0 Å². The van der Waals surface area contributed by atoms with Gasteiger partial charge >= 0.3 is 5.69 Å². The summed E-state index contributed by atoms with van der Waals surface area (Å²) < 4.78 is 0. The number of fused-ring (bicyclic) bond motifs is 1. The van der Waals surface area contributed by atoms with Crippen LogP contribution in [0.5, 0.6) is 0 Å². The Bertz CT molecular complexity index is 887. The van der Waals surface area contributed by atoms with Crippen molar-refractivity contribution in [1.29, 1.82) is 0 Å². The van der Waals surface area contributed by atoms with Crippen LogP contribution in [0.4, 0.5) is 11.4 Å². The standard InChI is InChI=1S/C14H11N5O3/c1-8-13(19(21)22)12(18-17-8)14(20)16-10-4-5-11-9(7-10)3-2-6-15-11/h2-7H,1H3,(H,16,20)(H,17,18). The maximum Gasteiger partial charge on any atom is 0.322 e. The highest BCUT2D eigenvalue weighted by atomic mass is 16.6. The van der Waals surface area contributed by atoms with E-state index in [0.29, 0.717) is 5.69 Å². The molecule has 0 saturated heterocycles. The number of carbonyl (C=O) groups excluding carboxylic acids is 1. The van der Waals surface area contributed by atoms with Gasteiger partial charge in [0.1, 0.15) is 5.69 Å². The summed E-state index contributed by atoms with van der Waals surface area (Å²) in [5.41, 5.74) is 0.981. The summed E-state index contributed by atoms with van der Waals surface area (Å²) in [5, 5.41) is 20.6. The van der Waals surface area contributed by atoms with Gasteiger partial charge in [-0.2, -0.15) is 5.10 Å². The summed E-state index contributed by atoms with van der Waals surface area (Å²) >= 11 is 0. The molecule has 110 valence electrons. The van der Waals surface area contributed by atoms with Crippen molar-refractivity contribution in [3.05, 3.63) is 58.0 Å². The van der Waals surface area contributed by atoms with Crippen LogP contribution in [0.25, 0.3) is 10.9 Å². The Morgan fingerprint density at radius 3 is 2.95 bits per heavy atom. The number of H-pyrrole nitrogens is 1. The van der Waals surface area contributed by atoms with Crippen molar-refractivity contribution < 1.29 is 9.72 Å². The van der Waals surface area contributed by atoms with E-state index in [-0.39, 0.29) is 17.1 Å². The van der Waals surface area contributed by atoms with Gasteiger partial charge in [-0.15, -0.1) is 0 Å². The zero-order valence-electron chi connectivity index (χ0n) is 11.5. The minimum Gasteiger partial charge on any atom is -0.320 e. The molecule has 1 amide bonds. The molecule has 8 nitrogen and oxygen atoms in total. The van der Waals surface area contributed by atoms with Crippen molar-refractivity contribution in [2.24, 2.45) is 0 Å². The van der Waals surface area contributed by atoms with Gasteiger partial charge in [0.05, 0.1) is 10.4 Å². The molecule has 2 aromatic heterocycles. The van der Waals surface area contributed by atoms with Crippen molar-refractivity contribution in [3.63, 3.8) is 0 Å². The lowest BCUT2D eigenvalue weighted by atomic mass is 10.2. The number of anilines is 1. The van der Waals surface area contributed by atoms with Crippen LogP contribution in [0.1, 0.15) is 16.2 Å². The zero-order chi connectivity index (χ0) is 15.7. The van der Waals surface area contributed by atoms with Gasteiger partial charge in [0, 0.05) is 17.3 Å². The molecule has 0 aliphatic rings. The van der Waals surface area contributed by atoms with Crippen molar-refractivity contribution in [3.8, 4) is 0 Å². The molecule has 3 rings (SSSR count). The van der Waals surface area contributed by atoms with Gasteiger partial charge in [-0.05, 0) is 31.2 Å². The lowest BCUT2D eigenvalue weighted by Crippen LogP contribution is -2.14. The molecule has 2 heterocycles. The molecule has 0 atom stereocenters. The second kappa shape index (κ2) is 5.24. The lowest BCUT2D eigenvalue weighted by molar-refractivity contribution is -0.385. The SMILES string of the molecule is Cc1[nH]nc(C(=O)Nc2ccc3ncccc3c2)c1[N+](=O)[O-]. The number of pyridine rings is 1. The molecule has 2 N–H and O–H groups in total. The fraction of sp³-hybridized carbons (Fsp3) is 0.0714.